The molecule has 0 saturated heterocycles. The van der Waals surface area contributed by atoms with E-state index in [9.17, 15) is 14.4 Å². The van der Waals surface area contributed by atoms with Crippen molar-refractivity contribution in [2.24, 2.45) is 5.73 Å². The van der Waals surface area contributed by atoms with Crippen molar-refractivity contribution >= 4 is 39.1 Å². The van der Waals surface area contributed by atoms with Gasteiger partial charge in [-0.1, -0.05) is 19.1 Å². The molecule has 1 unspecified atom stereocenters. The summed E-state index contributed by atoms with van der Waals surface area (Å²) in [7, 11) is 1.54. The standard InChI is InChI=1S/C24H27N3O4S/c1-4-16(27-19(28)12-13(2)14-9-7-10-17(31-3)21(14)27)23(30)26-24-20(22(25)29)15-8-5-6-11-18(15)32-24/h7,9-10,12,16H,4-6,8,11H2,1-3H3,(H2,25,29)(H,26,30). The number of aryl methyl sites for hydroxylation is 2. The largest absolute Gasteiger partial charge is 0.495 e. The van der Waals surface area contributed by atoms with Crippen LogP contribution in [-0.2, 0) is 17.6 Å². The van der Waals surface area contributed by atoms with Crippen molar-refractivity contribution in [1.82, 2.24) is 4.57 Å². The number of hydrogen-bond acceptors (Lipinski definition) is 5. The van der Waals surface area contributed by atoms with E-state index in [1.807, 2.05) is 26.0 Å². The molecular weight excluding hydrogens is 426 g/mol. The van der Waals surface area contributed by atoms with Crippen LogP contribution in [-0.4, -0.2) is 23.5 Å². The van der Waals surface area contributed by atoms with E-state index in [0.29, 0.717) is 28.3 Å². The number of amides is 2. The Bertz CT molecular complexity index is 1270. The fraction of sp³-hybridized carbons (Fsp3) is 0.375. The van der Waals surface area contributed by atoms with Crippen LogP contribution < -0.4 is 21.3 Å². The number of carbonyl (C=O) groups excluding carboxylic acids is 2. The summed E-state index contributed by atoms with van der Waals surface area (Å²) in [5.74, 6) is -0.363. The number of hydrogen-bond donors (Lipinski definition) is 2. The summed E-state index contributed by atoms with van der Waals surface area (Å²) in [5, 5.41) is 4.24. The highest BCUT2D eigenvalue weighted by atomic mass is 32.1. The number of anilines is 1. The van der Waals surface area contributed by atoms with Crippen molar-refractivity contribution in [3.05, 3.63) is 56.2 Å². The molecule has 0 bridgehead atoms. The number of nitrogens with zero attached hydrogens (tertiary/aromatic N) is 1. The number of nitrogens with two attached hydrogens (primary N) is 1. The lowest BCUT2D eigenvalue weighted by Crippen LogP contribution is -2.33. The first-order chi connectivity index (χ1) is 15.4. The number of carbonyl (C=O) groups is 2. The number of ether oxygens (including phenoxy) is 1. The molecule has 3 aromatic rings. The van der Waals surface area contributed by atoms with Gasteiger partial charge in [0.1, 0.15) is 16.8 Å². The van der Waals surface area contributed by atoms with Crippen molar-refractivity contribution in [1.29, 1.82) is 0 Å². The highest BCUT2D eigenvalue weighted by Crippen LogP contribution is 2.38. The minimum absolute atomic E-state index is 0.276. The maximum Gasteiger partial charge on any atom is 0.252 e. The molecule has 0 fully saturated rings. The second kappa shape index (κ2) is 8.78. The molecule has 1 aliphatic rings. The molecule has 3 N–H and O–H groups in total. The number of thiophene rings is 1. The van der Waals surface area contributed by atoms with Gasteiger partial charge < -0.3 is 15.8 Å². The number of primary amides is 1. The summed E-state index contributed by atoms with van der Waals surface area (Å²) in [4.78, 5) is 39.8. The quantitative estimate of drug-likeness (QED) is 0.590. The van der Waals surface area contributed by atoms with Gasteiger partial charge in [0.2, 0.25) is 5.91 Å². The number of nitrogens with one attached hydrogen (secondary N) is 1. The van der Waals surface area contributed by atoms with Crippen LogP contribution in [0.5, 0.6) is 5.75 Å². The summed E-state index contributed by atoms with van der Waals surface area (Å²) in [5.41, 5.74) is 8.17. The lowest BCUT2D eigenvalue weighted by molar-refractivity contribution is -0.119. The molecule has 0 saturated carbocycles. The molecule has 2 amide bonds. The van der Waals surface area contributed by atoms with Crippen LogP contribution in [0, 0.1) is 6.92 Å². The summed E-state index contributed by atoms with van der Waals surface area (Å²) in [6, 6.07) is 6.31. The van der Waals surface area contributed by atoms with Crippen LogP contribution >= 0.6 is 11.3 Å². The van der Waals surface area contributed by atoms with Gasteiger partial charge in [-0.2, -0.15) is 0 Å². The van der Waals surface area contributed by atoms with E-state index in [2.05, 4.69) is 5.32 Å². The smallest absolute Gasteiger partial charge is 0.252 e. The molecule has 1 atom stereocenters. The second-order valence-electron chi connectivity index (χ2n) is 8.08. The van der Waals surface area contributed by atoms with Crippen molar-refractivity contribution < 1.29 is 14.3 Å². The third-order valence-electron chi connectivity index (χ3n) is 6.12. The normalized spacial score (nSPS) is 14.1. The summed E-state index contributed by atoms with van der Waals surface area (Å²) >= 11 is 1.41. The minimum Gasteiger partial charge on any atom is -0.495 e. The van der Waals surface area contributed by atoms with Gasteiger partial charge in [-0.15, -0.1) is 11.3 Å². The summed E-state index contributed by atoms with van der Waals surface area (Å²) in [6.45, 7) is 3.72. The Balaban J connectivity index is 1.81. The third-order valence-corrected chi connectivity index (χ3v) is 7.32. The molecule has 4 rings (SSSR count). The Morgan fingerprint density at radius 2 is 2.03 bits per heavy atom. The molecule has 1 aliphatic carbocycles. The Labute approximate surface area is 190 Å². The number of rotatable bonds is 6. The Kier molecular flexibility index (Phi) is 6.06. The summed E-state index contributed by atoms with van der Waals surface area (Å²) in [6.07, 6.45) is 4.11. The zero-order valence-electron chi connectivity index (χ0n) is 18.5. The minimum atomic E-state index is -0.776. The lowest BCUT2D eigenvalue weighted by Gasteiger charge is -2.22. The second-order valence-corrected chi connectivity index (χ2v) is 9.19. The molecule has 8 heteroatoms. The SMILES string of the molecule is CCC(C(=O)Nc1sc2c(c1C(N)=O)CCCC2)n1c(=O)cc(C)c2cccc(OC)c21. The van der Waals surface area contributed by atoms with Crippen LogP contribution in [0.25, 0.3) is 10.9 Å². The molecule has 0 aliphatic heterocycles. The zero-order chi connectivity index (χ0) is 23.0. The van der Waals surface area contributed by atoms with E-state index >= 15 is 0 Å². The Morgan fingerprint density at radius 1 is 1.28 bits per heavy atom. The molecule has 32 heavy (non-hydrogen) atoms. The van der Waals surface area contributed by atoms with Gasteiger partial charge in [-0.25, -0.2) is 0 Å². The molecule has 0 spiro atoms. The molecular formula is C24H27N3O4S. The maximum absolute atomic E-state index is 13.5. The van der Waals surface area contributed by atoms with Gasteiger partial charge in [-0.05, 0) is 56.2 Å². The van der Waals surface area contributed by atoms with E-state index in [-0.39, 0.29) is 11.5 Å². The zero-order valence-corrected chi connectivity index (χ0v) is 19.3. The molecule has 168 valence electrons. The van der Waals surface area contributed by atoms with Crippen molar-refractivity contribution in [2.45, 2.75) is 52.0 Å². The number of aromatic nitrogens is 1. The van der Waals surface area contributed by atoms with E-state index in [0.717, 1.165) is 47.1 Å². The van der Waals surface area contributed by atoms with E-state index in [1.54, 1.807) is 13.2 Å². The fourth-order valence-corrected chi connectivity index (χ4v) is 5.90. The molecule has 7 nitrogen and oxygen atoms in total. The van der Waals surface area contributed by atoms with Crippen LogP contribution in [0.15, 0.2) is 29.1 Å². The third kappa shape index (κ3) is 3.68. The first-order valence-electron chi connectivity index (χ1n) is 10.8. The maximum atomic E-state index is 13.5. The summed E-state index contributed by atoms with van der Waals surface area (Å²) < 4.78 is 7.02. The van der Waals surface area contributed by atoms with Gasteiger partial charge in [0, 0.05) is 16.3 Å². The predicted octanol–water partition coefficient (Wildman–Crippen LogP) is 3.95. The van der Waals surface area contributed by atoms with Crippen molar-refractivity contribution in [3.8, 4) is 5.75 Å². The highest BCUT2D eigenvalue weighted by Gasteiger charge is 2.28. The average molecular weight is 454 g/mol. The topological polar surface area (TPSA) is 103 Å². The Hall–Kier alpha value is -3.13. The molecule has 0 radical (unpaired) electrons. The number of benzene rings is 1. The Morgan fingerprint density at radius 3 is 2.72 bits per heavy atom. The predicted molar refractivity (Wildman–Crippen MR) is 127 cm³/mol. The monoisotopic (exact) mass is 453 g/mol. The van der Waals surface area contributed by atoms with Crippen molar-refractivity contribution in [2.75, 3.05) is 12.4 Å². The first kappa shape index (κ1) is 22.1. The number of pyridine rings is 1. The van der Waals surface area contributed by atoms with Crippen LogP contribution in [0.2, 0.25) is 0 Å². The fourth-order valence-electron chi connectivity index (χ4n) is 4.60. The number of methoxy groups -OCH3 is 1. The number of para-hydroxylation sites is 1. The van der Waals surface area contributed by atoms with Crippen LogP contribution in [0.1, 0.15) is 58.6 Å². The van der Waals surface area contributed by atoms with E-state index in [4.69, 9.17) is 10.5 Å². The molecule has 2 aromatic heterocycles. The van der Waals surface area contributed by atoms with Gasteiger partial charge in [-0.3, -0.25) is 19.0 Å². The van der Waals surface area contributed by atoms with Gasteiger partial charge >= 0.3 is 0 Å². The van der Waals surface area contributed by atoms with Gasteiger partial charge in [0.25, 0.3) is 11.5 Å². The van der Waals surface area contributed by atoms with E-state index < -0.39 is 11.9 Å². The molecule has 1 aromatic carbocycles. The number of fused-ring (bicyclic) bond motifs is 2. The van der Waals surface area contributed by atoms with Crippen LogP contribution in [0.4, 0.5) is 5.00 Å². The van der Waals surface area contributed by atoms with Gasteiger partial charge in [0.05, 0.1) is 18.2 Å². The molecule has 2 heterocycles. The average Bonchev–Trinajstić information content (AvgIpc) is 3.13. The first-order valence-corrected chi connectivity index (χ1v) is 11.6. The van der Waals surface area contributed by atoms with Crippen LogP contribution in [0.3, 0.4) is 0 Å². The van der Waals surface area contributed by atoms with E-state index in [1.165, 1.54) is 22.0 Å². The van der Waals surface area contributed by atoms with Crippen molar-refractivity contribution in [3.63, 3.8) is 0 Å². The van der Waals surface area contributed by atoms with Gasteiger partial charge in [0.15, 0.2) is 0 Å². The highest BCUT2D eigenvalue weighted by molar-refractivity contribution is 7.17. The lowest BCUT2D eigenvalue weighted by atomic mass is 9.95.